The van der Waals surface area contributed by atoms with Crippen molar-refractivity contribution in [3.05, 3.63) is 28.0 Å². The van der Waals surface area contributed by atoms with E-state index in [2.05, 4.69) is 0 Å². The third-order valence-corrected chi connectivity index (χ3v) is 3.66. The van der Waals surface area contributed by atoms with E-state index >= 15 is 0 Å². The average molecular weight is 244 g/mol. The summed E-state index contributed by atoms with van der Waals surface area (Å²) < 4.78 is 18.9. The van der Waals surface area contributed by atoms with Crippen LogP contribution in [0.1, 0.15) is 30.4 Å². The van der Waals surface area contributed by atoms with Gasteiger partial charge in [0.15, 0.2) is 0 Å². The molecule has 4 heteroatoms. The molecule has 0 amide bonds. The fraction of sp³-hybridized carbons (Fsp3) is 0.500. The molecule has 0 heterocycles. The highest BCUT2D eigenvalue weighted by Crippen LogP contribution is 2.47. The van der Waals surface area contributed by atoms with Crippen molar-refractivity contribution in [2.75, 3.05) is 7.11 Å². The van der Waals surface area contributed by atoms with Crippen molar-refractivity contribution in [3.63, 3.8) is 0 Å². The molecule has 0 spiro atoms. The Morgan fingerprint density at radius 3 is 2.56 bits per heavy atom. The quantitative estimate of drug-likeness (QED) is 0.866. The first-order valence-corrected chi connectivity index (χ1v) is 5.69. The summed E-state index contributed by atoms with van der Waals surface area (Å²) in [6.45, 7) is 1.72. The highest BCUT2D eigenvalue weighted by Gasteiger charge is 2.39. The topological polar surface area (TPSA) is 35.2 Å². The second-order valence-corrected chi connectivity index (χ2v) is 4.79. The highest BCUT2D eigenvalue weighted by atomic mass is 35.5. The SMILES string of the molecule is COc1c(Cl)cc(F)c(C)c1C1(N)CCC1. The summed E-state index contributed by atoms with van der Waals surface area (Å²) in [5.74, 6) is 0.195. The third-order valence-electron chi connectivity index (χ3n) is 3.38. The monoisotopic (exact) mass is 243 g/mol. The normalized spacial score (nSPS) is 18.1. The fourth-order valence-corrected chi connectivity index (χ4v) is 2.57. The van der Waals surface area contributed by atoms with E-state index in [1.54, 1.807) is 6.92 Å². The summed E-state index contributed by atoms with van der Waals surface area (Å²) in [5, 5.41) is 0.289. The number of hydrogen-bond acceptors (Lipinski definition) is 2. The molecule has 0 atom stereocenters. The standard InChI is InChI=1S/C12H15ClFNO/c1-7-9(14)6-8(13)11(16-2)10(7)12(15)4-3-5-12/h6H,3-5,15H2,1-2H3. The van der Waals surface area contributed by atoms with Gasteiger partial charge in [0.1, 0.15) is 11.6 Å². The van der Waals surface area contributed by atoms with Crippen molar-refractivity contribution in [2.24, 2.45) is 5.73 Å². The van der Waals surface area contributed by atoms with Gasteiger partial charge in [0.05, 0.1) is 12.1 Å². The molecule has 1 aromatic carbocycles. The molecular formula is C12H15ClFNO. The summed E-state index contributed by atoms with van der Waals surface area (Å²) in [7, 11) is 1.53. The summed E-state index contributed by atoms with van der Waals surface area (Å²) in [6.07, 6.45) is 2.77. The lowest BCUT2D eigenvalue weighted by atomic mass is 9.71. The highest BCUT2D eigenvalue weighted by molar-refractivity contribution is 6.32. The molecule has 0 radical (unpaired) electrons. The maximum atomic E-state index is 13.7. The summed E-state index contributed by atoms with van der Waals surface area (Å²) >= 11 is 5.97. The number of benzene rings is 1. The Balaban J connectivity index is 2.65. The van der Waals surface area contributed by atoms with Crippen molar-refractivity contribution in [2.45, 2.75) is 31.7 Å². The molecule has 1 saturated carbocycles. The van der Waals surface area contributed by atoms with Crippen molar-refractivity contribution < 1.29 is 9.13 Å². The lowest BCUT2D eigenvalue weighted by Gasteiger charge is -2.40. The van der Waals surface area contributed by atoms with Crippen molar-refractivity contribution in [1.29, 1.82) is 0 Å². The van der Waals surface area contributed by atoms with Gasteiger partial charge in [0.25, 0.3) is 0 Å². The molecule has 2 N–H and O–H groups in total. The lowest BCUT2D eigenvalue weighted by Crippen LogP contribution is -2.44. The van der Waals surface area contributed by atoms with Crippen LogP contribution in [-0.4, -0.2) is 7.11 Å². The van der Waals surface area contributed by atoms with E-state index < -0.39 is 5.54 Å². The number of rotatable bonds is 2. The van der Waals surface area contributed by atoms with E-state index in [0.717, 1.165) is 24.8 Å². The van der Waals surface area contributed by atoms with E-state index in [4.69, 9.17) is 22.1 Å². The van der Waals surface area contributed by atoms with Crippen LogP contribution in [-0.2, 0) is 5.54 Å². The first-order valence-electron chi connectivity index (χ1n) is 5.31. The number of ether oxygens (including phenoxy) is 1. The second-order valence-electron chi connectivity index (χ2n) is 4.38. The van der Waals surface area contributed by atoms with E-state index in [1.165, 1.54) is 13.2 Å². The lowest BCUT2D eigenvalue weighted by molar-refractivity contribution is 0.241. The van der Waals surface area contributed by atoms with Crippen LogP contribution in [0.5, 0.6) is 5.75 Å². The van der Waals surface area contributed by atoms with Gasteiger partial charge in [0.2, 0.25) is 0 Å². The van der Waals surface area contributed by atoms with Crippen LogP contribution in [0.15, 0.2) is 6.07 Å². The van der Waals surface area contributed by atoms with Gasteiger partial charge in [-0.25, -0.2) is 4.39 Å². The number of hydrogen-bond donors (Lipinski definition) is 1. The minimum absolute atomic E-state index is 0.289. The zero-order valence-electron chi connectivity index (χ0n) is 9.44. The molecule has 0 unspecified atom stereocenters. The molecule has 1 aliphatic rings. The van der Waals surface area contributed by atoms with Crippen LogP contribution >= 0.6 is 11.6 Å². The zero-order chi connectivity index (χ0) is 11.9. The molecule has 0 saturated heterocycles. The van der Waals surface area contributed by atoms with Crippen molar-refractivity contribution >= 4 is 11.6 Å². The molecule has 1 aromatic rings. The average Bonchev–Trinajstić information content (AvgIpc) is 2.19. The number of halogens is 2. The molecule has 88 valence electrons. The Morgan fingerprint density at radius 2 is 2.12 bits per heavy atom. The van der Waals surface area contributed by atoms with E-state index in [9.17, 15) is 4.39 Å². The predicted molar refractivity (Wildman–Crippen MR) is 62.4 cm³/mol. The van der Waals surface area contributed by atoms with Gasteiger partial charge in [-0.15, -0.1) is 0 Å². The Morgan fingerprint density at radius 1 is 1.50 bits per heavy atom. The maximum absolute atomic E-state index is 13.7. The van der Waals surface area contributed by atoms with Crippen molar-refractivity contribution in [3.8, 4) is 5.75 Å². The first kappa shape index (κ1) is 11.7. The van der Waals surface area contributed by atoms with Crippen LogP contribution in [0.4, 0.5) is 4.39 Å². The molecule has 16 heavy (non-hydrogen) atoms. The van der Waals surface area contributed by atoms with Crippen LogP contribution < -0.4 is 10.5 Å². The van der Waals surface area contributed by atoms with Gasteiger partial charge in [0, 0.05) is 11.1 Å². The van der Waals surface area contributed by atoms with Gasteiger partial charge in [-0.1, -0.05) is 11.6 Å². The van der Waals surface area contributed by atoms with E-state index in [0.29, 0.717) is 11.3 Å². The molecule has 0 aromatic heterocycles. The molecule has 0 aliphatic heterocycles. The fourth-order valence-electron chi connectivity index (χ4n) is 2.30. The summed E-state index contributed by atoms with van der Waals surface area (Å²) in [6, 6.07) is 1.28. The predicted octanol–water partition coefficient (Wildman–Crippen LogP) is 3.13. The molecule has 0 bridgehead atoms. The number of nitrogens with two attached hydrogens (primary N) is 1. The Labute approximate surface area is 99.5 Å². The molecule has 1 aliphatic carbocycles. The van der Waals surface area contributed by atoms with Crippen LogP contribution in [0.3, 0.4) is 0 Å². The zero-order valence-corrected chi connectivity index (χ0v) is 10.2. The van der Waals surface area contributed by atoms with Gasteiger partial charge in [-0.2, -0.15) is 0 Å². The van der Waals surface area contributed by atoms with Gasteiger partial charge >= 0.3 is 0 Å². The minimum Gasteiger partial charge on any atom is -0.495 e. The molecular weight excluding hydrogens is 229 g/mol. The largest absolute Gasteiger partial charge is 0.495 e. The molecule has 2 nitrogen and oxygen atoms in total. The molecule has 1 fully saturated rings. The van der Waals surface area contributed by atoms with Crippen molar-refractivity contribution in [1.82, 2.24) is 0 Å². The van der Waals surface area contributed by atoms with Gasteiger partial charge in [-0.05, 0) is 37.8 Å². The third kappa shape index (κ3) is 1.59. The van der Waals surface area contributed by atoms with E-state index in [1.807, 2.05) is 0 Å². The second kappa shape index (κ2) is 3.90. The molecule has 2 rings (SSSR count). The van der Waals surface area contributed by atoms with Gasteiger partial charge in [-0.3, -0.25) is 0 Å². The van der Waals surface area contributed by atoms with Crippen LogP contribution in [0.25, 0.3) is 0 Å². The van der Waals surface area contributed by atoms with Gasteiger partial charge < -0.3 is 10.5 Å². The van der Waals surface area contributed by atoms with Crippen LogP contribution in [0.2, 0.25) is 5.02 Å². The maximum Gasteiger partial charge on any atom is 0.142 e. The summed E-state index contributed by atoms with van der Waals surface area (Å²) in [4.78, 5) is 0. The minimum atomic E-state index is -0.471. The first-order chi connectivity index (χ1) is 7.49. The smallest absolute Gasteiger partial charge is 0.142 e. The number of methoxy groups -OCH3 is 1. The Hall–Kier alpha value is -0.800. The van der Waals surface area contributed by atoms with Crippen LogP contribution in [0, 0.1) is 12.7 Å². The van der Waals surface area contributed by atoms with E-state index in [-0.39, 0.29) is 10.8 Å². The summed E-state index contributed by atoms with van der Waals surface area (Å²) in [5.41, 5.74) is 7.04. The Bertz CT molecular complexity index is 430. The Kier molecular flexibility index (Phi) is 2.84.